The second-order valence-electron chi connectivity index (χ2n) is 3.92. The molecule has 0 saturated carbocycles. The van der Waals surface area contributed by atoms with Crippen LogP contribution >= 0.6 is 0 Å². The van der Waals surface area contributed by atoms with E-state index in [4.69, 9.17) is 9.94 Å². The van der Waals surface area contributed by atoms with Gasteiger partial charge in [0.15, 0.2) is 0 Å². The molecule has 0 bridgehead atoms. The molecule has 0 fully saturated rings. The zero-order chi connectivity index (χ0) is 11.5. The monoisotopic (exact) mass is 220 g/mol. The maximum absolute atomic E-state index is 8.80. The first kappa shape index (κ1) is 11.0. The lowest BCUT2D eigenvalue weighted by atomic mass is 10.2. The minimum absolute atomic E-state index is 0.0256. The molecule has 0 aliphatic carbocycles. The van der Waals surface area contributed by atoms with Crippen molar-refractivity contribution in [3.63, 3.8) is 0 Å². The molecule has 2 rings (SSSR count). The molecular formula is C12H16N2O2. The molecule has 4 heteroatoms. The van der Waals surface area contributed by atoms with Crippen molar-refractivity contribution in [3.8, 4) is 5.75 Å². The molecule has 1 atom stereocenters. The van der Waals surface area contributed by atoms with Crippen molar-refractivity contribution in [3.05, 3.63) is 30.5 Å². The summed E-state index contributed by atoms with van der Waals surface area (Å²) in [6.07, 6.45) is 2.01. The average Bonchev–Trinajstić information content (AvgIpc) is 2.71. The Hall–Kier alpha value is -1.52. The second kappa shape index (κ2) is 4.55. The highest BCUT2D eigenvalue weighted by Gasteiger charge is 2.05. The number of hydroxylamine groups is 1. The van der Waals surface area contributed by atoms with Crippen LogP contribution in [0.1, 0.15) is 6.92 Å². The molecule has 1 aromatic heterocycles. The Morgan fingerprint density at radius 3 is 2.94 bits per heavy atom. The number of aromatic nitrogens is 1. The van der Waals surface area contributed by atoms with Gasteiger partial charge in [0.2, 0.25) is 0 Å². The van der Waals surface area contributed by atoms with Crippen LogP contribution in [-0.4, -0.2) is 22.9 Å². The summed E-state index contributed by atoms with van der Waals surface area (Å²) in [4.78, 5) is 0. The standard InChI is InChI=1S/C12H16N2O2/c1-9(13-15)8-14-6-5-10-7-11(16-2)3-4-12(10)14/h3-7,9,13,15H,8H2,1-2H3/t9-/m1/s1. The number of benzene rings is 1. The molecule has 0 aliphatic rings. The van der Waals surface area contributed by atoms with Crippen molar-refractivity contribution in [2.24, 2.45) is 0 Å². The van der Waals surface area contributed by atoms with Crippen molar-refractivity contribution in [1.29, 1.82) is 0 Å². The molecule has 2 N–H and O–H groups in total. The fourth-order valence-electron chi connectivity index (χ4n) is 1.80. The average molecular weight is 220 g/mol. The van der Waals surface area contributed by atoms with Gasteiger partial charge in [0.1, 0.15) is 5.75 Å². The van der Waals surface area contributed by atoms with E-state index in [1.54, 1.807) is 7.11 Å². The van der Waals surface area contributed by atoms with E-state index >= 15 is 0 Å². The van der Waals surface area contributed by atoms with Crippen molar-refractivity contribution in [2.45, 2.75) is 19.5 Å². The Kier molecular flexibility index (Phi) is 3.12. The lowest BCUT2D eigenvalue weighted by molar-refractivity contribution is 0.125. The normalized spacial score (nSPS) is 12.9. The van der Waals surface area contributed by atoms with Gasteiger partial charge >= 0.3 is 0 Å². The molecule has 1 heterocycles. The summed E-state index contributed by atoms with van der Waals surface area (Å²) in [7, 11) is 1.66. The van der Waals surface area contributed by atoms with Crippen LogP contribution in [0.15, 0.2) is 30.5 Å². The third-order valence-corrected chi connectivity index (χ3v) is 2.67. The number of rotatable bonds is 4. The minimum Gasteiger partial charge on any atom is -0.497 e. The SMILES string of the molecule is COc1ccc2c(ccn2C[C@@H](C)NO)c1. The van der Waals surface area contributed by atoms with E-state index in [1.165, 1.54) is 0 Å². The van der Waals surface area contributed by atoms with Crippen molar-refractivity contribution >= 4 is 10.9 Å². The van der Waals surface area contributed by atoms with Crippen molar-refractivity contribution in [2.75, 3.05) is 7.11 Å². The quantitative estimate of drug-likeness (QED) is 0.775. The number of hydrogen-bond acceptors (Lipinski definition) is 3. The second-order valence-corrected chi connectivity index (χ2v) is 3.92. The van der Waals surface area contributed by atoms with Gasteiger partial charge in [-0.05, 0) is 31.2 Å². The molecule has 0 spiro atoms. The first-order valence-corrected chi connectivity index (χ1v) is 5.27. The van der Waals surface area contributed by atoms with Gasteiger partial charge in [-0.25, -0.2) is 5.48 Å². The van der Waals surface area contributed by atoms with Crippen LogP contribution in [-0.2, 0) is 6.54 Å². The van der Waals surface area contributed by atoms with E-state index in [0.717, 1.165) is 23.2 Å². The van der Waals surface area contributed by atoms with Crippen LogP contribution in [0.5, 0.6) is 5.75 Å². The van der Waals surface area contributed by atoms with Crippen LogP contribution in [0.3, 0.4) is 0 Å². The van der Waals surface area contributed by atoms with E-state index in [0.29, 0.717) is 0 Å². The van der Waals surface area contributed by atoms with E-state index in [-0.39, 0.29) is 6.04 Å². The lowest BCUT2D eigenvalue weighted by Gasteiger charge is -2.11. The highest BCUT2D eigenvalue weighted by Crippen LogP contribution is 2.21. The van der Waals surface area contributed by atoms with Gasteiger partial charge in [0, 0.05) is 29.7 Å². The van der Waals surface area contributed by atoms with Gasteiger partial charge in [0.05, 0.1) is 7.11 Å². The summed E-state index contributed by atoms with van der Waals surface area (Å²) < 4.78 is 7.27. The topological polar surface area (TPSA) is 46.4 Å². The third kappa shape index (κ3) is 2.03. The van der Waals surface area contributed by atoms with E-state index in [1.807, 2.05) is 37.4 Å². The van der Waals surface area contributed by atoms with E-state index < -0.39 is 0 Å². The summed E-state index contributed by atoms with van der Waals surface area (Å²) >= 11 is 0. The van der Waals surface area contributed by atoms with Gasteiger partial charge in [-0.2, -0.15) is 0 Å². The van der Waals surface area contributed by atoms with E-state index in [9.17, 15) is 0 Å². The summed E-state index contributed by atoms with van der Waals surface area (Å²) in [6.45, 7) is 2.65. The molecule has 0 unspecified atom stereocenters. The zero-order valence-corrected chi connectivity index (χ0v) is 9.47. The Labute approximate surface area is 94.4 Å². The molecular weight excluding hydrogens is 204 g/mol. The largest absolute Gasteiger partial charge is 0.497 e. The lowest BCUT2D eigenvalue weighted by Crippen LogP contribution is -2.26. The van der Waals surface area contributed by atoms with Gasteiger partial charge < -0.3 is 14.5 Å². The van der Waals surface area contributed by atoms with Crippen LogP contribution in [0.4, 0.5) is 0 Å². The summed E-state index contributed by atoms with van der Waals surface area (Å²) in [6, 6.07) is 8.04. The van der Waals surface area contributed by atoms with Crippen LogP contribution in [0.2, 0.25) is 0 Å². The zero-order valence-electron chi connectivity index (χ0n) is 9.47. The number of hydrogen-bond donors (Lipinski definition) is 2. The van der Waals surface area contributed by atoms with Crippen LogP contribution in [0.25, 0.3) is 10.9 Å². The maximum Gasteiger partial charge on any atom is 0.119 e. The highest BCUT2D eigenvalue weighted by molar-refractivity contribution is 5.81. The van der Waals surface area contributed by atoms with Gasteiger partial charge in [-0.1, -0.05) is 0 Å². The molecule has 0 aliphatic heterocycles. The number of nitrogens with one attached hydrogen (secondary N) is 1. The highest BCUT2D eigenvalue weighted by atomic mass is 16.5. The van der Waals surface area contributed by atoms with Crippen LogP contribution in [0, 0.1) is 0 Å². The van der Waals surface area contributed by atoms with Crippen molar-refractivity contribution in [1.82, 2.24) is 10.0 Å². The Bertz CT molecular complexity index is 479. The summed E-state index contributed by atoms with van der Waals surface area (Å²) in [5, 5.41) is 9.95. The van der Waals surface area contributed by atoms with Gasteiger partial charge in [0.25, 0.3) is 0 Å². The molecule has 2 aromatic rings. The number of nitrogens with zero attached hydrogens (tertiary/aromatic N) is 1. The molecule has 4 nitrogen and oxygen atoms in total. The smallest absolute Gasteiger partial charge is 0.119 e. The fourth-order valence-corrected chi connectivity index (χ4v) is 1.80. The summed E-state index contributed by atoms with van der Waals surface area (Å²) in [5.41, 5.74) is 3.39. The Balaban J connectivity index is 2.34. The fraction of sp³-hybridized carbons (Fsp3) is 0.333. The maximum atomic E-state index is 8.80. The molecule has 1 aromatic carbocycles. The minimum atomic E-state index is 0.0256. The van der Waals surface area contributed by atoms with Gasteiger partial charge in [-0.15, -0.1) is 0 Å². The van der Waals surface area contributed by atoms with Gasteiger partial charge in [-0.3, -0.25) is 0 Å². The third-order valence-electron chi connectivity index (χ3n) is 2.67. The number of methoxy groups -OCH3 is 1. The molecule has 0 saturated heterocycles. The number of ether oxygens (including phenoxy) is 1. The molecule has 16 heavy (non-hydrogen) atoms. The van der Waals surface area contributed by atoms with Crippen molar-refractivity contribution < 1.29 is 9.94 Å². The molecule has 0 radical (unpaired) electrons. The summed E-state index contributed by atoms with van der Waals surface area (Å²) in [5.74, 6) is 0.860. The molecule has 86 valence electrons. The number of fused-ring (bicyclic) bond motifs is 1. The predicted octanol–water partition coefficient (Wildman–Crippen LogP) is 2.02. The predicted molar refractivity (Wildman–Crippen MR) is 62.9 cm³/mol. The molecule has 0 amide bonds. The first-order chi connectivity index (χ1) is 7.74. The Morgan fingerprint density at radius 2 is 2.25 bits per heavy atom. The van der Waals surface area contributed by atoms with E-state index in [2.05, 4.69) is 10.0 Å². The van der Waals surface area contributed by atoms with Crippen LogP contribution < -0.4 is 10.2 Å². The first-order valence-electron chi connectivity index (χ1n) is 5.27. The Morgan fingerprint density at radius 1 is 1.44 bits per heavy atom.